The number of nitrogens with zero attached hydrogens (tertiary/aromatic N) is 3. The van der Waals surface area contributed by atoms with Crippen molar-refractivity contribution in [2.75, 3.05) is 44.7 Å². The molecule has 2 aliphatic heterocycles. The van der Waals surface area contributed by atoms with Gasteiger partial charge >= 0.3 is 0 Å². The zero-order valence-electron chi connectivity index (χ0n) is 16.4. The summed E-state index contributed by atoms with van der Waals surface area (Å²) in [5, 5.41) is 0. The lowest BCUT2D eigenvalue weighted by molar-refractivity contribution is -0.147. The first kappa shape index (κ1) is 18.5. The summed E-state index contributed by atoms with van der Waals surface area (Å²) in [6, 6.07) is 9.75. The maximum absolute atomic E-state index is 13.2. The molecule has 1 aromatic carbocycles. The number of anilines is 1. The Balaban J connectivity index is 1.36. The predicted octanol–water partition coefficient (Wildman–Crippen LogP) is 2.76. The lowest BCUT2D eigenvalue weighted by Gasteiger charge is -2.42. The van der Waals surface area contributed by atoms with Crippen molar-refractivity contribution in [2.45, 2.75) is 38.5 Å². The molecule has 0 N–H and O–H groups in total. The van der Waals surface area contributed by atoms with Crippen LogP contribution in [0.15, 0.2) is 30.3 Å². The summed E-state index contributed by atoms with van der Waals surface area (Å²) >= 11 is 0. The predicted molar refractivity (Wildman–Crippen MR) is 106 cm³/mol. The Morgan fingerprint density at radius 3 is 2.63 bits per heavy atom. The lowest BCUT2D eigenvalue weighted by Crippen LogP contribution is -2.52. The van der Waals surface area contributed by atoms with Crippen LogP contribution in [-0.2, 0) is 9.59 Å². The molecule has 1 aromatic rings. The molecule has 1 atom stereocenters. The summed E-state index contributed by atoms with van der Waals surface area (Å²) in [6.45, 7) is 3.85. The number of likely N-dealkylation sites (tertiary alicyclic amines) is 2. The van der Waals surface area contributed by atoms with Gasteiger partial charge in [0.2, 0.25) is 11.8 Å². The Morgan fingerprint density at radius 2 is 1.93 bits per heavy atom. The lowest BCUT2D eigenvalue weighted by atomic mass is 9.77. The Bertz CT molecular complexity index is 688. The highest BCUT2D eigenvalue weighted by atomic mass is 16.2. The molecule has 1 unspecified atom stereocenters. The van der Waals surface area contributed by atoms with Crippen molar-refractivity contribution in [1.29, 1.82) is 0 Å². The molecule has 1 spiro atoms. The molecule has 1 saturated carbocycles. The second-order valence-corrected chi connectivity index (χ2v) is 8.68. The van der Waals surface area contributed by atoms with Crippen LogP contribution in [0.25, 0.3) is 0 Å². The van der Waals surface area contributed by atoms with Crippen molar-refractivity contribution in [3.8, 4) is 0 Å². The monoisotopic (exact) mass is 369 g/mol. The topological polar surface area (TPSA) is 43.9 Å². The van der Waals surface area contributed by atoms with E-state index in [4.69, 9.17) is 0 Å². The number of likely N-dealkylation sites (N-methyl/N-ethyl adjacent to an activating group) is 1. The summed E-state index contributed by atoms with van der Waals surface area (Å²) in [4.78, 5) is 32.0. The molecular weight excluding hydrogens is 338 g/mol. The molecule has 3 fully saturated rings. The molecule has 146 valence electrons. The van der Waals surface area contributed by atoms with Crippen molar-refractivity contribution in [3.63, 3.8) is 0 Å². The van der Waals surface area contributed by atoms with Gasteiger partial charge in [0.1, 0.15) is 0 Å². The van der Waals surface area contributed by atoms with Gasteiger partial charge in [-0.2, -0.15) is 0 Å². The zero-order valence-corrected chi connectivity index (χ0v) is 16.4. The Labute approximate surface area is 162 Å². The fraction of sp³-hybridized carbons (Fsp3) is 0.636. The zero-order chi connectivity index (χ0) is 18.9. The van der Waals surface area contributed by atoms with Crippen molar-refractivity contribution >= 4 is 17.5 Å². The first-order chi connectivity index (χ1) is 13.1. The third kappa shape index (κ3) is 3.75. The van der Waals surface area contributed by atoms with E-state index in [0.29, 0.717) is 12.5 Å². The van der Waals surface area contributed by atoms with Crippen LogP contribution in [-0.4, -0.2) is 61.4 Å². The van der Waals surface area contributed by atoms with Gasteiger partial charge in [-0.15, -0.1) is 0 Å². The molecule has 5 heteroatoms. The first-order valence-corrected chi connectivity index (χ1v) is 10.4. The minimum Gasteiger partial charge on any atom is -0.342 e. The number of para-hydroxylation sites is 1. The standard InChI is InChI=1S/C22H31N3O2/c1-23(19-9-3-2-4-10-19)20(26)16-24-14-12-22(17-24)11-6-13-25(21(22)27)15-18-7-5-8-18/h2-4,9-10,18H,5-8,11-17H2,1H3. The molecule has 0 aromatic heterocycles. The molecule has 5 nitrogen and oxygen atoms in total. The number of carbonyl (C=O) groups is 2. The SMILES string of the molecule is CN(C(=O)CN1CCC2(CCCN(CC3CCC3)C2=O)C1)c1ccccc1. The highest BCUT2D eigenvalue weighted by Gasteiger charge is 2.48. The van der Waals surface area contributed by atoms with Crippen molar-refractivity contribution in [2.24, 2.45) is 11.3 Å². The molecule has 2 saturated heterocycles. The molecule has 3 aliphatic rings. The fourth-order valence-electron chi connectivity index (χ4n) is 4.88. The highest BCUT2D eigenvalue weighted by Crippen LogP contribution is 2.41. The van der Waals surface area contributed by atoms with E-state index in [0.717, 1.165) is 57.0 Å². The second-order valence-electron chi connectivity index (χ2n) is 8.68. The average molecular weight is 370 g/mol. The Morgan fingerprint density at radius 1 is 1.15 bits per heavy atom. The van der Waals surface area contributed by atoms with E-state index < -0.39 is 0 Å². The number of carbonyl (C=O) groups excluding carboxylic acids is 2. The number of hydrogen-bond donors (Lipinski definition) is 0. The van der Waals surface area contributed by atoms with Gasteiger partial charge in [0.05, 0.1) is 12.0 Å². The van der Waals surface area contributed by atoms with Crippen LogP contribution in [0.2, 0.25) is 0 Å². The first-order valence-electron chi connectivity index (χ1n) is 10.4. The minimum absolute atomic E-state index is 0.0906. The van der Waals surface area contributed by atoms with E-state index in [1.54, 1.807) is 4.90 Å². The molecular formula is C22H31N3O2. The van der Waals surface area contributed by atoms with Gasteiger partial charge < -0.3 is 9.80 Å². The summed E-state index contributed by atoms with van der Waals surface area (Å²) in [7, 11) is 1.83. The van der Waals surface area contributed by atoms with E-state index in [9.17, 15) is 9.59 Å². The number of rotatable bonds is 5. The van der Waals surface area contributed by atoms with Crippen molar-refractivity contribution < 1.29 is 9.59 Å². The quantitative estimate of drug-likeness (QED) is 0.802. The summed E-state index contributed by atoms with van der Waals surface area (Å²) in [5.74, 6) is 1.17. The van der Waals surface area contributed by atoms with Crippen LogP contribution in [0, 0.1) is 11.3 Å². The second kappa shape index (κ2) is 7.63. The molecule has 2 heterocycles. The van der Waals surface area contributed by atoms with Crippen LogP contribution in [0.5, 0.6) is 0 Å². The smallest absolute Gasteiger partial charge is 0.240 e. The molecule has 2 amide bonds. The Kier molecular flexibility index (Phi) is 5.22. The van der Waals surface area contributed by atoms with Crippen LogP contribution in [0.3, 0.4) is 0 Å². The van der Waals surface area contributed by atoms with Gasteiger partial charge in [-0.3, -0.25) is 14.5 Å². The van der Waals surface area contributed by atoms with Crippen LogP contribution in [0.4, 0.5) is 5.69 Å². The van der Waals surface area contributed by atoms with Crippen molar-refractivity contribution in [1.82, 2.24) is 9.80 Å². The van der Waals surface area contributed by atoms with Gasteiger partial charge in [0, 0.05) is 32.4 Å². The molecule has 0 bridgehead atoms. The van der Waals surface area contributed by atoms with Crippen LogP contribution in [0.1, 0.15) is 38.5 Å². The van der Waals surface area contributed by atoms with Gasteiger partial charge in [0.25, 0.3) is 0 Å². The number of hydrogen-bond acceptors (Lipinski definition) is 3. The molecule has 4 rings (SSSR count). The number of amides is 2. The largest absolute Gasteiger partial charge is 0.342 e. The number of piperidine rings is 1. The summed E-state index contributed by atoms with van der Waals surface area (Å²) in [6.07, 6.45) is 6.86. The van der Waals surface area contributed by atoms with E-state index in [1.165, 1.54) is 19.3 Å². The fourth-order valence-corrected chi connectivity index (χ4v) is 4.88. The van der Waals surface area contributed by atoms with Gasteiger partial charge in [-0.05, 0) is 56.7 Å². The molecule has 27 heavy (non-hydrogen) atoms. The summed E-state index contributed by atoms with van der Waals surface area (Å²) < 4.78 is 0. The third-order valence-corrected chi connectivity index (χ3v) is 6.84. The average Bonchev–Trinajstić information content (AvgIpc) is 3.05. The summed E-state index contributed by atoms with van der Waals surface area (Å²) in [5.41, 5.74) is 0.671. The number of benzene rings is 1. The third-order valence-electron chi connectivity index (χ3n) is 6.84. The van der Waals surface area contributed by atoms with Gasteiger partial charge in [0.15, 0.2) is 0 Å². The van der Waals surface area contributed by atoms with Crippen LogP contribution < -0.4 is 4.90 Å². The van der Waals surface area contributed by atoms with Crippen LogP contribution >= 0.6 is 0 Å². The van der Waals surface area contributed by atoms with Crippen molar-refractivity contribution in [3.05, 3.63) is 30.3 Å². The Hall–Kier alpha value is -1.88. The van der Waals surface area contributed by atoms with Gasteiger partial charge in [-0.1, -0.05) is 24.6 Å². The molecule has 1 aliphatic carbocycles. The van der Waals surface area contributed by atoms with E-state index in [2.05, 4.69) is 9.80 Å². The molecule has 0 radical (unpaired) electrons. The van der Waals surface area contributed by atoms with E-state index >= 15 is 0 Å². The maximum atomic E-state index is 13.2. The maximum Gasteiger partial charge on any atom is 0.240 e. The van der Waals surface area contributed by atoms with Gasteiger partial charge in [-0.25, -0.2) is 0 Å². The van der Waals surface area contributed by atoms with E-state index in [-0.39, 0.29) is 11.3 Å². The van der Waals surface area contributed by atoms with E-state index in [1.807, 2.05) is 37.4 Å². The minimum atomic E-state index is -0.242. The highest BCUT2D eigenvalue weighted by molar-refractivity contribution is 5.94. The normalized spacial score (nSPS) is 26.4.